The molecule has 0 saturated carbocycles. The second-order valence-corrected chi connectivity index (χ2v) is 5.47. The van der Waals surface area contributed by atoms with Crippen LogP contribution < -0.4 is 10.6 Å². The number of amides is 2. The molecule has 5 heteroatoms. The molecule has 1 aromatic carbocycles. The van der Waals surface area contributed by atoms with Crippen molar-refractivity contribution < 1.29 is 9.90 Å². The van der Waals surface area contributed by atoms with Crippen LogP contribution in [0.3, 0.4) is 0 Å². The van der Waals surface area contributed by atoms with E-state index in [4.69, 9.17) is 11.6 Å². The third-order valence-corrected chi connectivity index (χ3v) is 3.86. The standard InChI is InChI=1S/C15H23ClN2O2/c1-4-15(20,5-2)10-17-14(19)18-11(3)12-6-8-13(16)9-7-12/h6-9,11,20H,4-5,10H2,1-3H3,(H2,17,18,19). The maximum Gasteiger partial charge on any atom is 0.315 e. The van der Waals surface area contributed by atoms with Crippen molar-refractivity contribution in [1.29, 1.82) is 0 Å². The van der Waals surface area contributed by atoms with Crippen molar-refractivity contribution in [1.82, 2.24) is 10.6 Å². The van der Waals surface area contributed by atoms with Gasteiger partial charge in [-0.1, -0.05) is 37.6 Å². The van der Waals surface area contributed by atoms with Gasteiger partial charge in [0.15, 0.2) is 0 Å². The van der Waals surface area contributed by atoms with Crippen LogP contribution in [0.5, 0.6) is 0 Å². The van der Waals surface area contributed by atoms with E-state index < -0.39 is 5.60 Å². The summed E-state index contributed by atoms with van der Waals surface area (Å²) in [5, 5.41) is 16.3. The van der Waals surface area contributed by atoms with Crippen molar-refractivity contribution in [2.24, 2.45) is 0 Å². The average Bonchev–Trinajstić information content (AvgIpc) is 2.45. The van der Waals surface area contributed by atoms with E-state index in [-0.39, 0.29) is 18.6 Å². The van der Waals surface area contributed by atoms with Crippen LogP contribution in [-0.4, -0.2) is 23.3 Å². The third-order valence-electron chi connectivity index (χ3n) is 3.61. The molecule has 1 atom stereocenters. The van der Waals surface area contributed by atoms with Gasteiger partial charge >= 0.3 is 6.03 Å². The quantitative estimate of drug-likeness (QED) is 0.755. The Morgan fingerprint density at radius 2 is 1.85 bits per heavy atom. The van der Waals surface area contributed by atoms with Gasteiger partial charge in [-0.2, -0.15) is 0 Å². The summed E-state index contributed by atoms with van der Waals surface area (Å²) in [6.07, 6.45) is 1.22. The van der Waals surface area contributed by atoms with Crippen molar-refractivity contribution in [2.75, 3.05) is 6.54 Å². The van der Waals surface area contributed by atoms with Crippen LogP contribution in [0.15, 0.2) is 24.3 Å². The normalized spacial score (nSPS) is 12.8. The Morgan fingerprint density at radius 3 is 2.35 bits per heavy atom. The predicted octanol–water partition coefficient (Wildman–Crippen LogP) is 3.25. The first kappa shape index (κ1) is 16.8. The lowest BCUT2D eigenvalue weighted by atomic mass is 9.98. The molecule has 0 fully saturated rings. The molecule has 1 aromatic rings. The van der Waals surface area contributed by atoms with E-state index in [2.05, 4.69) is 10.6 Å². The van der Waals surface area contributed by atoms with Crippen LogP contribution in [0.1, 0.15) is 45.2 Å². The second kappa shape index (κ2) is 7.50. The van der Waals surface area contributed by atoms with Crippen molar-refractivity contribution in [3.05, 3.63) is 34.9 Å². The molecule has 20 heavy (non-hydrogen) atoms. The highest BCUT2D eigenvalue weighted by Crippen LogP contribution is 2.16. The molecular formula is C15H23ClN2O2. The molecule has 0 spiro atoms. The average molecular weight is 299 g/mol. The molecule has 0 radical (unpaired) electrons. The molecule has 2 amide bonds. The minimum absolute atomic E-state index is 0.122. The fraction of sp³-hybridized carbons (Fsp3) is 0.533. The predicted molar refractivity (Wildman–Crippen MR) is 81.9 cm³/mol. The first-order chi connectivity index (χ1) is 9.40. The largest absolute Gasteiger partial charge is 0.388 e. The van der Waals surface area contributed by atoms with Gasteiger partial charge in [0.2, 0.25) is 0 Å². The van der Waals surface area contributed by atoms with Gasteiger partial charge < -0.3 is 15.7 Å². The molecule has 0 aliphatic rings. The number of urea groups is 1. The summed E-state index contributed by atoms with van der Waals surface area (Å²) in [7, 11) is 0. The Kier molecular flexibility index (Phi) is 6.30. The van der Waals surface area contributed by atoms with Gasteiger partial charge in [-0.3, -0.25) is 0 Å². The van der Waals surface area contributed by atoms with E-state index in [0.29, 0.717) is 17.9 Å². The fourth-order valence-corrected chi connectivity index (χ4v) is 1.95. The lowest BCUT2D eigenvalue weighted by Gasteiger charge is -2.26. The van der Waals surface area contributed by atoms with Crippen molar-refractivity contribution in [2.45, 2.75) is 45.3 Å². The lowest BCUT2D eigenvalue weighted by Crippen LogP contribution is -2.46. The van der Waals surface area contributed by atoms with Gasteiger partial charge in [-0.25, -0.2) is 4.79 Å². The summed E-state index contributed by atoms with van der Waals surface area (Å²) >= 11 is 5.83. The molecule has 0 bridgehead atoms. The maximum absolute atomic E-state index is 11.8. The van der Waals surface area contributed by atoms with Crippen molar-refractivity contribution in [3.63, 3.8) is 0 Å². The highest BCUT2D eigenvalue weighted by atomic mass is 35.5. The molecule has 0 heterocycles. The van der Waals surface area contributed by atoms with Crippen molar-refractivity contribution in [3.8, 4) is 0 Å². The first-order valence-electron chi connectivity index (χ1n) is 6.92. The Morgan fingerprint density at radius 1 is 1.30 bits per heavy atom. The Labute approximate surface area is 125 Å². The number of hydrogen-bond donors (Lipinski definition) is 3. The fourth-order valence-electron chi connectivity index (χ4n) is 1.83. The number of rotatable bonds is 6. The minimum atomic E-state index is -0.832. The van der Waals surface area contributed by atoms with Gasteiger partial charge in [0, 0.05) is 11.6 Å². The summed E-state index contributed by atoms with van der Waals surface area (Å²) in [6.45, 7) is 5.95. The molecule has 0 saturated heterocycles. The van der Waals surface area contributed by atoms with E-state index >= 15 is 0 Å². The SMILES string of the molecule is CCC(O)(CC)CNC(=O)NC(C)c1ccc(Cl)cc1. The summed E-state index contributed by atoms with van der Waals surface area (Å²) < 4.78 is 0. The molecule has 112 valence electrons. The molecule has 0 aromatic heterocycles. The van der Waals surface area contributed by atoms with E-state index in [9.17, 15) is 9.90 Å². The van der Waals surface area contributed by atoms with Crippen LogP contribution in [0.4, 0.5) is 4.79 Å². The third kappa shape index (κ3) is 5.02. The summed E-state index contributed by atoms with van der Waals surface area (Å²) in [4.78, 5) is 11.8. The summed E-state index contributed by atoms with van der Waals surface area (Å²) in [6, 6.07) is 6.93. The van der Waals surface area contributed by atoms with Crippen LogP contribution in [0.25, 0.3) is 0 Å². The van der Waals surface area contributed by atoms with Gasteiger partial charge in [0.1, 0.15) is 0 Å². The summed E-state index contributed by atoms with van der Waals surface area (Å²) in [5.41, 5.74) is 0.145. The zero-order valence-electron chi connectivity index (χ0n) is 12.2. The van der Waals surface area contributed by atoms with Gasteiger partial charge in [-0.15, -0.1) is 0 Å². The monoisotopic (exact) mass is 298 g/mol. The zero-order chi connectivity index (χ0) is 15.2. The topological polar surface area (TPSA) is 61.4 Å². The number of hydrogen-bond acceptors (Lipinski definition) is 2. The highest BCUT2D eigenvalue weighted by molar-refractivity contribution is 6.30. The van der Waals surface area contributed by atoms with Crippen LogP contribution in [-0.2, 0) is 0 Å². The smallest absolute Gasteiger partial charge is 0.315 e. The number of halogens is 1. The molecule has 3 N–H and O–H groups in total. The Balaban J connectivity index is 2.48. The van der Waals surface area contributed by atoms with Crippen molar-refractivity contribution >= 4 is 17.6 Å². The summed E-state index contributed by atoms with van der Waals surface area (Å²) in [5.74, 6) is 0. The van der Waals surface area contributed by atoms with Crippen LogP contribution >= 0.6 is 11.6 Å². The first-order valence-corrected chi connectivity index (χ1v) is 7.30. The lowest BCUT2D eigenvalue weighted by molar-refractivity contribution is 0.0349. The van der Waals surface area contributed by atoms with Gasteiger partial charge in [-0.05, 0) is 37.5 Å². The van der Waals surface area contributed by atoms with E-state index in [0.717, 1.165) is 5.56 Å². The molecular weight excluding hydrogens is 276 g/mol. The highest BCUT2D eigenvalue weighted by Gasteiger charge is 2.23. The molecule has 0 aliphatic heterocycles. The Bertz CT molecular complexity index is 430. The number of aliphatic hydroxyl groups is 1. The van der Waals surface area contributed by atoms with Gasteiger partial charge in [0.05, 0.1) is 11.6 Å². The van der Waals surface area contributed by atoms with E-state index in [1.807, 2.05) is 32.9 Å². The molecule has 0 aliphatic carbocycles. The van der Waals surface area contributed by atoms with Crippen LogP contribution in [0, 0.1) is 0 Å². The van der Waals surface area contributed by atoms with E-state index in [1.165, 1.54) is 0 Å². The van der Waals surface area contributed by atoms with E-state index in [1.54, 1.807) is 12.1 Å². The molecule has 1 unspecified atom stereocenters. The van der Waals surface area contributed by atoms with Crippen LogP contribution in [0.2, 0.25) is 5.02 Å². The minimum Gasteiger partial charge on any atom is -0.388 e. The second-order valence-electron chi connectivity index (χ2n) is 5.03. The molecule has 4 nitrogen and oxygen atoms in total. The number of nitrogens with one attached hydrogen (secondary N) is 2. The number of carbonyl (C=O) groups excluding carboxylic acids is 1. The number of carbonyl (C=O) groups is 1. The number of benzene rings is 1. The zero-order valence-corrected chi connectivity index (χ0v) is 13.0. The Hall–Kier alpha value is -1.26. The maximum atomic E-state index is 11.8. The van der Waals surface area contributed by atoms with Gasteiger partial charge in [0.25, 0.3) is 0 Å². The molecule has 1 rings (SSSR count).